The lowest BCUT2D eigenvalue weighted by atomic mass is 10.1. The van der Waals surface area contributed by atoms with Crippen molar-refractivity contribution in [2.75, 3.05) is 17.1 Å². The number of rotatable bonds is 6. The highest BCUT2D eigenvalue weighted by atomic mass is 32.2. The van der Waals surface area contributed by atoms with Gasteiger partial charge in [-0.3, -0.25) is 9.10 Å². The Hall–Kier alpha value is -2.54. The lowest BCUT2D eigenvalue weighted by Gasteiger charge is -2.20. The fourth-order valence-electron chi connectivity index (χ4n) is 3.29. The summed E-state index contributed by atoms with van der Waals surface area (Å²) in [7, 11) is -3.45. The molecule has 28 heavy (non-hydrogen) atoms. The minimum absolute atomic E-state index is 0.0131. The number of anilines is 1. The minimum atomic E-state index is -3.45. The van der Waals surface area contributed by atoms with Gasteiger partial charge in [0.05, 0.1) is 11.9 Å². The van der Waals surface area contributed by atoms with Gasteiger partial charge in [0.2, 0.25) is 10.0 Å². The molecule has 1 aliphatic rings. The number of hydrogen-bond donors (Lipinski definition) is 1. The van der Waals surface area contributed by atoms with Gasteiger partial charge in [0, 0.05) is 19.0 Å². The Bertz CT molecular complexity index is 915. The van der Waals surface area contributed by atoms with Crippen molar-refractivity contribution in [3.8, 4) is 5.75 Å². The molecule has 2 aromatic rings. The van der Waals surface area contributed by atoms with Crippen LogP contribution in [0.4, 0.5) is 5.69 Å². The van der Waals surface area contributed by atoms with Gasteiger partial charge in [-0.15, -0.1) is 0 Å². The minimum Gasteiger partial charge on any atom is -0.478 e. The van der Waals surface area contributed by atoms with Gasteiger partial charge in [0.25, 0.3) is 5.91 Å². The Morgan fingerprint density at radius 3 is 2.57 bits per heavy atom. The zero-order valence-corrected chi connectivity index (χ0v) is 17.0. The molecule has 0 saturated heterocycles. The normalized spacial score (nSPS) is 17.8. The molecule has 1 heterocycles. The van der Waals surface area contributed by atoms with Crippen molar-refractivity contribution in [1.29, 1.82) is 0 Å². The van der Waals surface area contributed by atoms with Crippen molar-refractivity contribution in [2.24, 2.45) is 0 Å². The third-order valence-electron chi connectivity index (χ3n) is 4.79. The van der Waals surface area contributed by atoms with Crippen LogP contribution in [0.1, 0.15) is 25.3 Å². The first-order chi connectivity index (χ1) is 13.3. The zero-order valence-electron chi connectivity index (χ0n) is 16.2. The molecule has 2 aromatic carbocycles. The molecule has 7 heteroatoms. The molecular weight excluding hydrogens is 376 g/mol. The lowest BCUT2D eigenvalue weighted by Crippen LogP contribution is -2.43. The number of para-hydroxylation sites is 2. The summed E-state index contributed by atoms with van der Waals surface area (Å²) in [6.45, 7) is 2.17. The molecule has 0 radical (unpaired) electrons. The standard InChI is InChI=1S/C21H26N2O4S/c1-16(12-13-17-8-4-3-5-9-17)22-21(24)20-14-15-23(28(2,25)26)18-10-6-7-11-19(18)27-20/h3-11,16,20H,12-15H2,1-2H3,(H,22,24)/t16-,20-/m1/s1. The highest BCUT2D eigenvalue weighted by Gasteiger charge is 2.31. The van der Waals surface area contributed by atoms with E-state index in [9.17, 15) is 13.2 Å². The average Bonchev–Trinajstić information content (AvgIpc) is 2.87. The first-order valence-corrected chi connectivity index (χ1v) is 11.3. The van der Waals surface area contributed by atoms with E-state index >= 15 is 0 Å². The first-order valence-electron chi connectivity index (χ1n) is 9.42. The molecule has 1 aliphatic heterocycles. The number of ether oxygens (including phenoxy) is 1. The van der Waals surface area contributed by atoms with E-state index in [1.54, 1.807) is 24.3 Å². The van der Waals surface area contributed by atoms with Crippen LogP contribution in [0.5, 0.6) is 5.75 Å². The summed E-state index contributed by atoms with van der Waals surface area (Å²) in [6, 6.07) is 17.0. The molecule has 0 aliphatic carbocycles. The van der Waals surface area contributed by atoms with Crippen molar-refractivity contribution in [1.82, 2.24) is 5.32 Å². The van der Waals surface area contributed by atoms with Gasteiger partial charge in [0.1, 0.15) is 5.75 Å². The van der Waals surface area contributed by atoms with Crippen LogP contribution in [0, 0.1) is 0 Å². The van der Waals surface area contributed by atoms with Crippen LogP contribution in [0.15, 0.2) is 54.6 Å². The Balaban J connectivity index is 1.64. The number of nitrogens with zero attached hydrogens (tertiary/aromatic N) is 1. The topological polar surface area (TPSA) is 75.7 Å². The summed E-state index contributed by atoms with van der Waals surface area (Å²) >= 11 is 0. The van der Waals surface area contributed by atoms with Crippen LogP contribution in [-0.4, -0.2) is 39.3 Å². The molecule has 0 bridgehead atoms. The fraction of sp³-hybridized carbons (Fsp3) is 0.381. The maximum atomic E-state index is 12.7. The summed E-state index contributed by atoms with van der Waals surface area (Å²) in [4.78, 5) is 12.7. The van der Waals surface area contributed by atoms with E-state index < -0.39 is 16.1 Å². The quantitative estimate of drug-likeness (QED) is 0.806. The first kappa shape index (κ1) is 20.2. The molecule has 0 unspecified atom stereocenters. The maximum absolute atomic E-state index is 12.7. The molecule has 1 amide bonds. The number of benzene rings is 2. The van der Waals surface area contributed by atoms with E-state index in [2.05, 4.69) is 17.4 Å². The Morgan fingerprint density at radius 2 is 1.86 bits per heavy atom. The largest absolute Gasteiger partial charge is 0.478 e. The number of hydrogen-bond acceptors (Lipinski definition) is 4. The molecule has 3 rings (SSSR count). The van der Waals surface area contributed by atoms with Crippen LogP contribution in [0.3, 0.4) is 0 Å². The molecule has 150 valence electrons. The molecule has 0 aromatic heterocycles. The fourth-order valence-corrected chi connectivity index (χ4v) is 4.24. The number of nitrogens with one attached hydrogen (secondary N) is 1. The van der Waals surface area contributed by atoms with Gasteiger partial charge in [-0.25, -0.2) is 8.42 Å². The van der Waals surface area contributed by atoms with E-state index in [0.29, 0.717) is 17.9 Å². The Kier molecular flexibility index (Phi) is 6.24. The van der Waals surface area contributed by atoms with Gasteiger partial charge in [-0.05, 0) is 37.5 Å². The Labute approximate surface area is 166 Å². The molecule has 0 spiro atoms. The van der Waals surface area contributed by atoms with Crippen LogP contribution in [0.25, 0.3) is 0 Å². The predicted molar refractivity (Wildman–Crippen MR) is 110 cm³/mol. The van der Waals surface area contributed by atoms with Crippen molar-refractivity contribution < 1.29 is 17.9 Å². The number of amides is 1. The number of sulfonamides is 1. The summed E-state index contributed by atoms with van der Waals surface area (Å²) in [5.41, 5.74) is 1.70. The highest BCUT2D eigenvalue weighted by Crippen LogP contribution is 2.33. The molecule has 6 nitrogen and oxygen atoms in total. The van der Waals surface area contributed by atoms with Crippen LogP contribution in [-0.2, 0) is 21.2 Å². The smallest absolute Gasteiger partial charge is 0.261 e. The molecule has 2 atom stereocenters. The van der Waals surface area contributed by atoms with Crippen molar-refractivity contribution >= 4 is 21.6 Å². The van der Waals surface area contributed by atoms with E-state index in [4.69, 9.17) is 4.74 Å². The molecule has 0 fully saturated rings. The highest BCUT2D eigenvalue weighted by molar-refractivity contribution is 7.92. The van der Waals surface area contributed by atoms with Gasteiger partial charge in [-0.1, -0.05) is 42.5 Å². The van der Waals surface area contributed by atoms with E-state index in [-0.39, 0.29) is 18.5 Å². The van der Waals surface area contributed by atoms with Crippen LogP contribution in [0.2, 0.25) is 0 Å². The summed E-state index contributed by atoms with van der Waals surface area (Å²) in [5.74, 6) is 0.188. The number of carbonyl (C=O) groups excluding carboxylic acids is 1. The second kappa shape index (κ2) is 8.65. The van der Waals surface area contributed by atoms with Gasteiger partial charge < -0.3 is 10.1 Å². The third-order valence-corrected chi connectivity index (χ3v) is 5.97. The number of aryl methyl sites for hydroxylation is 1. The van der Waals surface area contributed by atoms with E-state index in [1.165, 1.54) is 9.87 Å². The third kappa shape index (κ3) is 5.04. The molecule has 0 saturated carbocycles. The second-order valence-corrected chi connectivity index (χ2v) is 9.04. The zero-order chi connectivity index (χ0) is 20.1. The van der Waals surface area contributed by atoms with Gasteiger partial charge in [0.15, 0.2) is 6.10 Å². The second-order valence-electron chi connectivity index (χ2n) is 7.13. The lowest BCUT2D eigenvalue weighted by molar-refractivity contribution is -0.128. The number of fused-ring (bicyclic) bond motifs is 1. The molecule has 1 N–H and O–H groups in total. The summed E-state index contributed by atoms with van der Waals surface area (Å²) < 4.78 is 31.5. The van der Waals surface area contributed by atoms with Crippen molar-refractivity contribution in [3.63, 3.8) is 0 Å². The predicted octanol–water partition coefficient (Wildman–Crippen LogP) is 2.74. The van der Waals surface area contributed by atoms with E-state index in [1.807, 2.05) is 25.1 Å². The van der Waals surface area contributed by atoms with Crippen molar-refractivity contribution in [2.45, 2.75) is 38.3 Å². The summed E-state index contributed by atoms with van der Waals surface area (Å²) in [5, 5.41) is 3.00. The number of carbonyl (C=O) groups is 1. The molecular formula is C21H26N2O4S. The van der Waals surface area contributed by atoms with E-state index in [0.717, 1.165) is 19.1 Å². The van der Waals surface area contributed by atoms with Crippen molar-refractivity contribution in [3.05, 3.63) is 60.2 Å². The van der Waals surface area contributed by atoms with Crippen LogP contribution < -0.4 is 14.4 Å². The van der Waals surface area contributed by atoms with Crippen LogP contribution >= 0.6 is 0 Å². The summed E-state index contributed by atoms with van der Waals surface area (Å²) in [6.07, 6.45) is 2.41. The van der Waals surface area contributed by atoms with Gasteiger partial charge >= 0.3 is 0 Å². The Morgan fingerprint density at radius 1 is 1.18 bits per heavy atom. The monoisotopic (exact) mass is 402 g/mol. The SMILES string of the molecule is C[C@H](CCc1ccccc1)NC(=O)[C@H]1CCN(S(C)(=O)=O)c2ccccc2O1. The maximum Gasteiger partial charge on any atom is 0.261 e. The average molecular weight is 403 g/mol. The van der Waals surface area contributed by atoms with Gasteiger partial charge in [-0.2, -0.15) is 0 Å².